The summed E-state index contributed by atoms with van der Waals surface area (Å²) in [5.41, 5.74) is 1.69. The number of benzene rings is 2. The molecule has 7 nitrogen and oxygen atoms in total. The van der Waals surface area contributed by atoms with Gasteiger partial charge in [0.2, 0.25) is 0 Å². The summed E-state index contributed by atoms with van der Waals surface area (Å²) in [5, 5.41) is 13.8. The highest BCUT2D eigenvalue weighted by atomic mass is 16.6. The number of carbonyl (C=O) groups is 1. The first-order chi connectivity index (χ1) is 13.4. The monoisotopic (exact) mass is 383 g/mol. The summed E-state index contributed by atoms with van der Waals surface area (Å²) >= 11 is 0. The van der Waals surface area contributed by atoms with Crippen LogP contribution >= 0.6 is 0 Å². The number of nitrogens with zero attached hydrogens (tertiary/aromatic N) is 2. The van der Waals surface area contributed by atoms with Gasteiger partial charge in [-0.25, -0.2) is 0 Å². The Bertz CT molecular complexity index is 843. The SMILES string of the molecule is Cc1ccc(C(=O)NCc2ccc(OC3CCN(C)CC3)cc2)cc1[N+](=O)[O-]. The molecule has 0 radical (unpaired) electrons. The first-order valence-electron chi connectivity index (χ1n) is 9.40. The molecule has 0 spiro atoms. The van der Waals surface area contributed by atoms with Crippen LogP contribution in [0.5, 0.6) is 5.75 Å². The lowest BCUT2D eigenvalue weighted by molar-refractivity contribution is -0.385. The zero-order chi connectivity index (χ0) is 20.1. The number of ether oxygens (including phenoxy) is 1. The van der Waals surface area contributed by atoms with Crippen LogP contribution in [-0.2, 0) is 6.54 Å². The first-order valence-corrected chi connectivity index (χ1v) is 9.40. The van der Waals surface area contributed by atoms with E-state index in [0.29, 0.717) is 12.1 Å². The van der Waals surface area contributed by atoms with Gasteiger partial charge >= 0.3 is 0 Å². The third-order valence-electron chi connectivity index (χ3n) is 5.01. The molecule has 1 aliphatic rings. The van der Waals surface area contributed by atoms with Crippen LogP contribution in [-0.4, -0.2) is 42.0 Å². The summed E-state index contributed by atoms with van der Waals surface area (Å²) in [6, 6.07) is 12.2. The molecule has 1 aliphatic heterocycles. The van der Waals surface area contributed by atoms with Crippen molar-refractivity contribution >= 4 is 11.6 Å². The zero-order valence-corrected chi connectivity index (χ0v) is 16.2. The molecule has 2 aromatic rings. The van der Waals surface area contributed by atoms with Crippen LogP contribution in [0, 0.1) is 17.0 Å². The van der Waals surface area contributed by atoms with Crippen molar-refractivity contribution in [3.63, 3.8) is 0 Å². The Hall–Kier alpha value is -2.93. The standard InChI is InChI=1S/C21H25N3O4/c1-15-3-6-17(13-20(15)24(26)27)21(25)22-14-16-4-7-18(8-5-16)28-19-9-11-23(2)12-10-19/h3-8,13,19H,9-12,14H2,1-2H3,(H,22,25). The van der Waals surface area contributed by atoms with Gasteiger partial charge in [-0.1, -0.05) is 18.2 Å². The number of nitro benzene ring substituents is 1. The molecule has 0 aliphatic carbocycles. The average Bonchev–Trinajstić information content (AvgIpc) is 2.69. The third-order valence-corrected chi connectivity index (χ3v) is 5.01. The van der Waals surface area contributed by atoms with Gasteiger partial charge in [0.15, 0.2) is 0 Å². The van der Waals surface area contributed by atoms with Crippen LogP contribution in [0.15, 0.2) is 42.5 Å². The minimum absolute atomic E-state index is 0.0527. The van der Waals surface area contributed by atoms with Gasteiger partial charge in [-0.05, 0) is 50.6 Å². The molecule has 0 aromatic heterocycles. The molecule has 28 heavy (non-hydrogen) atoms. The quantitative estimate of drug-likeness (QED) is 0.611. The fraction of sp³-hybridized carbons (Fsp3) is 0.381. The Labute approximate surface area is 164 Å². The molecule has 1 heterocycles. The van der Waals surface area contributed by atoms with E-state index in [4.69, 9.17) is 4.74 Å². The van der Waals surface area contributed by atoms with Crippen molar-refractivity contribution in [2.24, 2.45) is 0 Å². The van der Waals surface area contributed by atoms with E-state index in [1.807, 2.05) is 24.3 Å². The molecule has 148 valence electrons. The fourth-order valence-electron chi connectivity index (χ4n) is 3.21. The van der Waals surface area contributed by atoms with Crippen LogP contribution < -0.4 is 10.1 Å². The average molecular weight is 383 g/mol. The summed E-state index contributed by atoms with van der Waals surface area (Å²) in [6.07, 6.45) is 2.30. The van der Waals surface area contributed by atoms with Gasteiger partial charge in [-0.2, -0.15) is 0 Å². The van der Waals surface area contributed by atoms with Gasteiger partial charge in [0.1, 0.15) is 11.9 Å². The van der Waals surface area contributed by atoms with Gasteiger partial charge < -0.3 is 15.0 Å². The minimum Gasteiger partial charge on any atom is -0.490 e. The Morgan fingerprint density at radius 3 is 2.54 bits per heavy atom. The lowest BCUT2D eigenvalue weighted by Gasteiger charge is -2.29. The van der Waals surface area contributed by atoms with E-state index in [1.165, 1.54) is 6.07 Å². The van der Waals surface area contributed by atoms with E-state index >= 15 is 0 Å². The molecule has 3 rings (SSSR count). The molecule has 1 amide bonds. The predicted octanol–water partition coefficient (Wildman–Crippen LogP) is 3.31. The Kier molecular flexibility index (Phi) is 6.26. The molecule has 1 saturated heterocycles. The molecular weight excluding hydrogens is 358 g/mol. The van der Waals surface area contributed by atoms with Gasteiger partial charge in [-0.15, -0.1) is 0 Å². The summed E-state index contributed by atoms with van der Waals surface area (Å²) < 4.78 is 6.02. The Morgan fingerprint density at radius 1 is 1.21 bits per heavy atom. The lowest BCUT2D eigenvalue weighted by atomic mass is 10.1. The van der Waals surface area contributed by atoms with E-state index in [9.17, 15) is 14.9 Å². The highest BCUT2D eigenvalue weighted by Crippen LogP contribution is 2.20. The van der Waals surface area contributed by atoms with Crippen molar-refractivity contribution in [3.05, 3.63) is 69.3 Å². The van der Waals surface area contributed by atoms with E-state index in [2.05, 4.69) is 17.3 Å². The van der Waals surface area contributed by atoms with Gasteiger partial charge in [0, 0.05) is 36.8 Å². The number of carbonyl (C=O) groups excluding carboxylic acids is 1. The van der Waals surface area contributed by atoms with Crippen LogP contribution in [0.25, 0.3) is 0 Å². The van der Waals surface area contributed by atoms with Crippen molar-refractivity contribution in [2.45, 2.75) is 32.4 Å². The second-order valence-electron chi connectivity index (χ2n) is 7.21. The van der Waals surface area contributed by atoms with Crippen molar-refractivity contribution in [3.8, 4) is 5.75 Å². The fourth-order valence-corrected chi connectivity index (χ4v) is 3.21. The Morgan fingerprint density at radius 2 is 1.89 bits per heavy atom. The molecule has 1 fully saturated rings. The topological polar surface area (TPSA) is 84.7 Å². The van der Waals surface area contributed by atoms with Crippen LogP contribution in [0.3, 0.4) is 0 Å². The van der Waals surface area contributed by atoms with E-state index < -0.39 is 4.92 Å². The van der Waals surface area contributed by atoms with E-state index in [-0.39, 0.29) is 23.3 Å². The van der Waals surface area contributed by atoms with Gasteiger partial charge in [-0.3, -0.25) is 14.9 Å². The number of nitro groups is 1. The number of hydrogen-bond acceptors (Lipinski definition) is 5. The van der Waals surface area contributed by atoms with Crippen molar-refractivity contribution in [2.75, 3.05) is 20.1 Å². The molecule has 0 bridgehead atoms. The number of rotatable bonds is 6. The maximum atomic E-state index is 12.3. The zero-order valence-electron chi connectivity index (χ0n) is 16.2. The maximum absolute atomic E-state index is 12.3. The van der Waals surface area contributed by atoms with Crippen molar-refractivity contribution in [1.29, 1.82) is 0 Å². The van der Waals surface area contributed by atoms with Crippen molar-refractivity contribution in [1.82, 2.24) is 10.2 Å². The maximum Gasteiger partial charge on any atom is 0.273 e. The normalized spacial score (nSPS) is 15.2. The van der Waals surface area contributed by atoms with Crippen molar-refractivity contribution < 1.29 is 14.5 Å². The number of piperidine rings is 1. The lowest BCUT2D eigenvalue weighted by Crippen LogP contribution is -2.35. The number of hydrogen-bond donors (Lipinski definition) is 1. The Balaban J connectivity index is 1.54. The second kappa shape index (κ2) is 8.84. The van der Waals surface area contributed by atoms with Gasteiger partial charge in [0.05, 0.1) is 4.92 Å². The number of nitrogens with one attached hydrogen (secondary N) is 1. The molecule has 0 saturated carbocycles. The predicted molar refractivity (Wildman–Crippen MR) is 107 cm³/mol. The molecule has 0 atom stereocenters. The largest absolute Gasteiger partial charge is 0.490 e. The number of amides is 1. The molecule has 2 aromatic carbocycles. The van der Waals surface area contributed by atoms with E-state index in [0.717, 1.165) is 37.2 Å². The van der Waals surface area contributed by atoms with Gasteiger partial charge in [0.25, 0.3) is 11.6 Å². The molecular formula is C21H25N3O4. The summed E-state index contributed by atoms with van der Waals surface area (Å²) in [6.45, 7) is 4.09. The van der Waals surface area contributed by atoms with Crippen LogP contribution in [0.2, 0.25) is 0 Å². The molecule has 0 unspecified atom stereocenters. The summed E-state index contributed by atoms with van der Waals surface area (Å²) in [7, 11) is 2.12. The molecule has 7 heteroatoms. The minimum atomic E-state index is -0.477. The molecule has 1 N–H and O–H groups in total. The first kappa shape index (κ1) is 19.8. The van der Waals surface area contributed by atoms with Crippen LogP contribution in [0.1, 0.15) is 34.3 Å². The summed E-state index contributed by atoms with van der Waals surface area (Å²) in [4.78, 5) is 25.1. The number of likely N-dealkylation sites (tertiary alicyclic amines) is 1. The smallest absolute Gasteiger partial charge is 0.273 e. The highest BCUT2D eigenvalue weighted by molar-refractivity contribution is 5.94. The highest BCUT2D eigenvalue weighted by Gasteiger charge is 2.18. The second-order valence-corrected chi connectivity index (χ2v) is 7.21. The summed E-state index contributed by atoms with van der Waals surface area (Å²) in [5.74, 6) is 0.494. The van der Waals surface area contributed by atoms with Crippen LogP contribution in [0.4, 0.5) is 5.69 Å². The number of aryl methyl sites for hydroxylation is 1. The van der Waals surface area contributed by atoms with E-state index in [1.54, 1.807) is 19.1 Å². The third kappa shape index (κ3) is 5.07.